The molecule has 4 rings (SSSR count). The Morgan fingerprint density at radius 2 is 1.81 bits per heavy atom. The maximum absolute atomic E-state index is 12.4. The molecule has 0 unspecified atom stereocenters. The third kappa shape index (κ3) is 4.26. The summed E-state index contributed by atoms with van der Waals surface area (Å²) in [5.41, 5.74) is 1.26. The highest BCUT2D eigenvalue weighted by molar-refractivity contribution is 7.22. The average molecular weight is 398 g/mol. The zero-order valence-corrected chi connectivity index (χ0v) is 16.2. The predicted molar refractivity (Wildman–Crippen MR) is 110 cm³/mol. The largest absolute Gasteiger partial charge is 0.349 e. The monoisotopic (exact) mass is 397 g/mol. The third-order valence-electron chi connectivity index (χ3n) is 4.56. The second kappa shape index (κ2) is 8.02. The van der Waals surface area contributed by atoms with Crippen LogP contribution in [-0.2, 0) is 0 Å². The summed E-state index contributed by atoms with van der Waals surface area (Å²) in [6.45, 7) is 0. The summed E-state index contributed by atoms with van der Waals surface area (Å²) in [5, 5.41) is 8.75. The van der Waals surface area contributed by atoms with Gasteiger partial charge < -0.3 is 10.6 Å². The molecule has 0 bridgehead atoms. The molecule has 2 N–H and O–H groups in total. The number of carbonyl (C=O) groups excluding carboxylic acids is 2. The van der Waals surface area contributed by atoms with E-state index in [1.165, 1.54) is 24.2 Å². The number of nitrogens with one attached hydrogen (secondary N) is 2. The Hall–Kier alpha value is -2.51. The summed E-state index contributed by atoms with van der Waals surface area (Å²) in [7, 11) is 0. The molecule has 2 heterocycles. The number of aromatic nitrogens is 1. The van der Waals surface area contributed by atoms with Gasteiger partial charge in [-0.25, -0.2) is 4.98 Å². The lowest BCUT2D eigenvalue weighted by molar-refractivity contribution is 0.0937. The lowest BCUT2D eigenvalue weighted by atomic mass is 10.1. The Labute approximate surface area is 165 Å². The molecule has 7 heteroatoms. The van der Waals surface area contributed by atoms with Crippen LogP contribution in [0.25, 0.3) is 9.88 Å². The Balaban J connectivity index is 1.38. The van der Waals surface area contributed by atoms with E-state index in [4.69, 9.17) is 0 Å². The maximum atomic E-state index is 12.4. The number of hydrogen-bond acceptors (Lipinski definition) is 5. The fourth-order valence-electron chi connectivity index (χ4n) is 3.13. The molecule has 2 amide bonds. The molecule has 1 saturated carbocycles. The van der Waals surface area contributed by atoms with Crippen molar-refractivity contribution >= 4 is 40.2 Å². The molecule has 0 saturated heterocycles. The highest BCUT2D eigenvalue weighted by Gasteiger charge is 2.18. The van der Waals surface area contributed by atoms with Crippen LogP contribution in [0.4, 0.5) is 5.69 Å². The van der Waals surface area contributed by atoms with Crippen LogP contribution >= 0.6 is 22.7 Å². The van der Waals surface area contributed by atoms with E-state index in [2.05, 4.69) is 15.6 Å². The lowest BCUT2D eigenvalue weighted by Gasteiger charge is -2.12. The first kappa shape index (κ1) is 17.9. The Morgan fingerprint density at radius 1 is 1.04 bits per heavy atom. The third-order valence-corrected chi connectivity index (χ3v) is 6.59. The molecule has 0 atom stereocenters. The van der Waals surface area contributed by atoms with Crippen LogP contribution in [-0.4, -0.2) is 22.8 Å². The van der Waals surface area contributed by atoms with Gasteiger partial charge in [-0.2, -0.15) is 0 Å². The highest BCUT2D eigenvalue weighted by Crippen LogP contribution is 2.29. The number of amides is 2. The molecule has 0 spiro atoms. The fourth-order valence-corrected chi connectivity index (χ4v) is 4.74. The molecule has 1 aliphatic rings. The van der Waals surface area contributed by atoms with Crippen molar-refractivity contribution in [2.45, 2.75) is 31.7 Å². The number of benzene rings is 1. The van der Waals surface area contributed by atoms with Crippen LogP contribution in [0.5, 0.6) is 0 Å². The number of rotatable bonds is 5. The summed E-state index contributed by atoms with van der Waals surface area (Å²) in [5.74, 6) is -0.249. The van der Waals surface area contributed by atoms with E-state index in [1.54, 1.807) is 41.8 Å². The molecule has 0 radical (unpaired) electrons. The van der Waals surface area contributed by atoms with Gasteiger partial charge >= 0.3 is 0 Å². The van der Waals surface area contributed by atoms with E-state index in [0.717, 1.165) is 22.7 Å². The number of thiophene rings is 1. The average Bonchev–Trinajstić information content (AvgIpc) is 3.43. The van der Waals surface area contributed by atoms with Gasteiger partial charge in [0.15, 0.2) is 0 Å². The van der Waals surface area contributed by atoms with E-state index < -0.39 is 0 Å². The van der Waals surface area contributed by atoms with Gasteiger partial charge in [0, 0.05) is 17.3 Å². The molecule has 138 valence electrons. The summed E-state index contributed by atoms with van der Waals surface area (Å²) in [6.07, 6.45) is 6.08. The van der Waals surface area contributed by atoms with Crippen molar-refractivity contribution in [3.8, 4) is 9.88 Å². The second-order valence-corrected chi connectivity index (χ2v) is 8.47. The molecular formula is C20H19N3O2S2. The summed E-state index contributed by atoms with van der Waals surface area (Å²) >= 11 is 2.97. The molecule has 1 aromatic carbocycles. The van der Waals surface area contributed by atoms with Crippen LogP contribution in [0.1, 0.15) is 45.7 Å². The van der Waals surface area contributed by atoms with Crippen molar-refractivity contribution in [1.82, 2.24) is 10.3 Å². The zero-order chi connectivity index (χ0) is 18.6. The van der Waals surface area contributed by atoms with Gasteiger partial charge in [-0.15, -0.1) is 22.7 Å². The highest BCUT2D eigenvalue weighted by atomic mass is 32.1. The summed E-state index contributed by atoms with van der Waals surface area (Å²) in [4.78, 5) is 30.6. The van der Waals surface area contributed by atoms with Crippen LogP contribution in [0.2, 0.25) is 0 Å². The van der Waals surface area contributed by atoms with Crippen LogP contribution in [0, 0.1) is 0 Å². The standard InChI is InChI=1S/C20H19N3O2S2/c24-18(22-14-4-1-2-5-14)13-7-9-15(10-8-13)23-19(25)17-12-21-20(27-17)16-6-3-11-26-16/h3,6-12,14H,1-2,4-5H2,(H,22,24)(H,23,25). The number of hydrogen-bond donors (Lipinski definition) is 2. The van der Waals surface area contributed by atoms with Gasteiger partial charge in [0.25, 0.3) is 11.8 Å². The summed E-state index contributed by atoms with van der Waals surface area (Å²) in [6, 6.07) is 11.2. The van der Waals surface area contributed by atoms with Crippen molar-refractivity contribution < 1.29 is 9.59 Å². The van der Waals surface area contributed by atoms with Gasteiger partial charge in [-0.05, 0) is 48.6 Å². The maximum Gasteiger partial charge on any atom is 0.267 e. The molecule has 5 nitrogen and oxygen atoms in total. The number of thiazole rings is 1. The van der Waals surface area contributed by atoms with E-state index in [9.17, 15) is 9.59 Å². The molecule has 2 aromatic heterocycles. The first-order valence-corrected chi connectivity index (χ1v) is 10.6. The van der Waals surface area contributed by atoms with Gasteiger partial charge in [-0.1, -0.05) is 18.9 Å². The first-order chi connectivity index (χ1) is 13.2. The molecule has 0 aliphatic heterocycles. The number of nitrogens with zero attached hydrogens (tertiary/aromatic N) is 1. The van der Waals surface area contributed by atoms with Gasteiger partial charge in [-0.3, -0.25) is 9.59 Å². The van der Waals surface area contributed by atoms with Crippen molar-refractivity contribution in [3.05, 3.63) is 58.4 Å². The molecule has 1 aliphatic carbocycles. The van der Waals surface area contributed by atoms with Crippen molar-refractivity contribution in [2.75, 3.05) is 5.32 Å². The predicted octanol–water partition coefficient (Wildman–Crippen LogP) is 4.80. The Bertz CT molecular complexity index is 927. The van der Waals surface area contributed by atoms with Crippen molar-refractivity contribution in [2.24, 2.45) is 0 Å². The van der Waals surface area contributed by atoms with Crippen molar-refractivity contribution in [3.63, 3.8) is 0 Å². The molecule has 1 fully saturated rings. The van der Waals surface area contributed by atoms with Crippen molar-refractivity contribution in [1.29, 1.82) is 0 Å². The topological polar surface area (TPSA) is 71.1 Å². The molecular weight excluding hydrogens is 378 g/mol. The Kier molecular flexibility index (Phi) is 5.31. The minimum atomic E-state index is -0.196. The number of anilines is 1. The van der Waals surface area contributed by atoms with Crippen LogP contribution < -0.4 is 10.6 Å². The SMILES string of the molecule is O=C(NC1CCCC1)c1ccc(NC(=O)c2cnc(-c3cccs3)s2)cc1. The molecule has 3 aromatic rings. The van der Waals surface area contributed by atoms with E-state index >= 15 is 0 Å². The van der Waals surface area contributed by atoms with Gasteiger partial charge in [0.05, 0.1) is 11.1 Å². The van der Waals surface area contributed by atoms with E-state index in [0.29, 0.717) is 22.2 Å². The minimum Gasteiger partial charge on any atom is -0.349 e. The number of carbonyl (C=O) groups is 2. The zero-order valence-electron chi connectivity index (χ0n) is 14.6. The van der Waals surface area contributed by atoms with E-state index in [1.807, 2.05) is 17.5 Å². The summed E-state index contributed by atoms with van der Waals surface area (Å²) < 4.78 is 0. The normalized spacial score (nSPS) is 14.2. The first-order valence-electron chi connectivity index (χ1n) is 8.91. The second-order valence-electron chi connectivity index (χ2n) is 6.49. The van der Waals surface area contributed by atoms with E-state index in [-0.39, 0.29) is 11.8 Å². The lowest BCUT2D eigenvalue weighted by Crippen LogP contribution is -2.32. The van der Waals surface area contributed by atoms with Gasteiger partial charge in [0.1, 0.15) is 9.88 Å². The smallest absolute Gasteiger partial charge is 0.267 e. The minimum absolute atomic E-state index is 0.0529. The van der Waals surface area contributed by atoms with Crippen LogP contribution in [0.3, 0.4) is 0 Å². The Morgan fingerprint density at radius 3 is 2.52 bits per heavy atom. The fraction of sp³-hybridized carbons (Fsp3) is 0.250. The quantitative estimate of drug-likeness (QED) is 0.650. The van der Waals surface area contributed by atoms with Crippen LogP contribution in [0.15, 0.2) is 48.0 Å². The molecule has 27 heavy (non-hydrogen) atoms. The van der Waals surface area contributed by atoms with Gasteiger partial charge in [0.2, 0.25) is 0 Å².